The van der Waals surface area contributed by atoms with Crippen LogP contribution in [0.15, 0.2) is 48.8 Å². The van der Waals surface area contributed by atoms with Crippen LogP contribution in [0.3, 0.4) is 0 Å². The predicted molar refractivity (Wildman–Crippen MR) is 122 cm³/mol. The number of amides is 2. The quantitative estimate of drug-likeness (QED) is 0.668. The minimum absolute atomic E-state index is 0.00542. The zero-order valence-electron chi connectivity index (χ0n) is 18.9. The molecule has 0 saturated carbocycles. The van der Waals surface area contributed by atoms with Crippen molar-refractivity contribution in [2.75, 3.05) is 33.3 Å². The van der Waals surface area contributed by atoms with Crippen molar-refractivity contribution >= 4 is 11.8 Å². The van der Waals surface area contributed by atoms with E-state index in [2.05, 4.69) is 28.9 Å². The maximum Gasteiger partial charge on any atom is 0.242 e. The summed E-state index contributed by atoms with van der Waals surface area (Å²) in [5, 5.41) is 0. The first kappa shape index (κ1) is 22.3. The maximum atomic E-state index is 13.5. The molecule has 170 valence electrons. The molecule has 7 heteroatoms. The molecule has 3 heterocycles. The van der Waals surface area contributed by atoms with Crippen molar-refractivity contribution in [1.82, 2.24) is 19.7 Å². The van der Waals surface area contributed by atoms with Gasteiger partial charge in [0.2, 0.25) is 11.8 Å². The van der Waals surface area contributed by atoms with Crippen LogP contribution in [0, 0.1) is 5.92 Å². The molecule has 4 rings (SSSR count). The lowest BCUT2D eigenvalue weighted by atomic mass is 9.90. The average Bonchev–Trinajstić information content (AvgIpc) is 2.90. The van der Waals surface area contributed by atoms with Gasteiger partial charge in [-0.1, -0.05) is 25.1 Å². The third kappa shape index (κ3) is 5.10. The zero-order valence-corrected chi connectivity index (χ0v) is 18.9. The molecule has 0 unspecified atom stereocenters. The highest BCUT2D eigenvalue weighted by Gasteiger charge is 2.43. The van der Waals surface area contributed by atoms with Gasteiger partial charge in [0.15, 0.2) is 0 Å². The second-order valence-electron chi connectivity index (χ2n) is 8.75. The van der Waals surface area contributed by atoms with Gasteiger partial charge in [-0.05, 0) is 42.2 Å². The summed E-state index contributed by atoms with van der Waals surface area (Å²) >= 11 is 0. The minimum atomic E-state index is -0.218. The van der Waals surface area contributed by atoms with E-state index in [0.29, 0.717) is 13.1 Å². The molecule has 2 fully saturated rings. The fraction of sp³-hybridized carbons (Fsp3) is 0.480. The van der Waals surface area contributed by atoms with E-state index >= 15 is 0 Å². The van der Waals surface area contributed by atoms with E-state index in [9.17, 15) is 9.59 Å². The fourth-order valence-corrected chi connectivity index (χ4v) is 4.64. The normalized spacial score (nSPS) is 21.9. The van der Waals surface area contributed by atoms with Crippen molar-refractivity contribution in [3.8, 4) is 5.75 Å². The van der Waals surface area contributed by atoms with E-state index in [4.69, 9.17) is 4.74 Å². The monoisotopic (exact) mass is 436 g/mol. The van der Waals surface area contributed by atoms with Crippen molar-refractivity contribution in [2.45, 2.75) is 38.9 Å². The molecule has 32 heavy (non-hydrogen) atoms. The SMILES string of the molecule is CCCOc1ccc(CN2CC[C@@H]3[C@H](C2)C(=O)N(Cc2cccnc2)CC(=O)N3C)cc1. The predicted octanol–water partition coefficient (Wildman–Crippen LogP) is 2.56. The molecule has 0 bridgehead atoms. The Kier molecular flexibility index (Phi) is 7.05. The highest BCUT2D eigenvalue weighted by molar-refractivity contribution is 5.89. The summed E-state index contributed by atoms with van der Waals surface area (Å²) < 4.78 is 5.68. The number of pyridine rings is 1. The lowest BCUT2D eigenvalue weighted by Gasteiger charge is -2.40. The van der Waals surface area contributed by atoms with Crippen LogP contribution in [-0.2, 0) is 22.7 Å². The third-order valence-corrected chi connectivity index (χ3v) is 6.40. The number of benzene rings is 1. The van der Waals surface area contributed by atoms with Crippen LogP contribution >= 0.6 is 0 Å². The summed E-state index contributed by atoms with van der Waals surface area (Å²) in [7, 11) is 1.84. The summed E-state index contributed by atoms with van der Waals surface area (Å²) in [5.41, 5.74) is 2.14. The van der Waals surface area contributed by atoms with Crippen LogP contribution in [-0.4, -0.2) is 70.8 Å². The zero-order chi connectivity index (χ0) is 22.5. The van der Waals surface area contributed by atoms with E-state index in [1.165, 1.54) is 5.56 Å². The summed E-state index contributed by atoms with van der Waals surface area (Å²) in [6.45, 7) is 5.64. The molecule has 2 aliphatic heterocycles. The van der Waals surface area contributed by atoms with Crippen LogP contribution < -0.4 is 4.74 Å². The van der Waals surface area contributed by atoms with Gasteiger partial charge < -0.3 is 14.5 Å². The largest absolute Gasteiger partial charge is 0.494 e. The van der Waals surface area contributed by atoms with Crippen molar-refractivity contribution in [2.24, 2.45) is 5.92 Å². The number of likely N-dealkylation sites (tertiary alicyclic amines) is 1. The van der Waals surface area contributed by atoms with Gasteiger partial charge in [0.1, 0.15) is 12.3 Å². The number of piperidine rings is 1. The van der Waals surface area contributed by atoms with E-state index in [-0.39, 0.29) is 30.3 Å². The molecule has 2 amide bonds. The highest BCUT2D eigenvalue weighted by Crippen LogP contribution is 2.28. The maximum absolute atomic E-state index is 13.5. The number of ether oxygens (including phenoxy) is 1. The molecular formula is C25H32N4O3. The topological polar surface area (TPSA) is 66.0 Å². The van der Waals surface area contributed by atoms with Gasteiger partial charge in [-0.15, -0.1) is 0 Å². The molecule has 0 N–H and O–H groups in total. The van der Waals surface area contributed by atoms with Gasteiger partial charge in [-0.25, -0.2) is 0 Å². The Hall–Kier alpha value is -2.93. The van der Waals surface area contributed by atoms with E-state index < -0.39 is 0 Å². The van der Waals surface area contributed by atoms with Gasteiger partial charge in [-0.2, -0.15) is 0 Å². The first-order chi connectivity index (χ1) is 15.5. The van der Waals surface area contributed by atoms with E-state index in [1.807, 2.05) is 31.3 Å². The second kappa shape index (κ2) is 10.1. The lowest BCUT2D eigenvalue weighted by Crippen LogP contribution is -2.53. The van der Waals surface area contributed by atoms with Crippen molar-refractivity contribution in [3.05, 3.63) is 59.9 Å². The molecule has 1 aromatic carbocycles. The molecule has 1 aromatic heterocycles. The molecule has 0 radical (unpaired) electrons. The number of fused-ring (bicyclic) bond motifs is 1. The van der Waals surface area contributed by atoms with Crippen LogP contribution in [0.4, 0.5) is 0 Å². The highest BCUT2D eigenvalue weighted by atomic mass is 16.5. The van der Waals surface area contributed by atoms with Crippen molar-refractivity contribution in [3.63, 3.8) is 0 Å². The second-order valence-corrected chi connectivity index (χ2v) is 8.75. The number of carbonyl (C=O) groups is 2. The summed E-state index contributed by atoms with van der Waals surface area (Å²) in [6.07, 6.45) is 5.26. The van der Waals surface area contributed by atoms with Gasteiger partial charge in [0.05, 0.1) is 12.5 Å². The van der Waals surface area contributed by atoms with Gasteiger partial charge in [0.25, 0.3) is 0 Å². The Bertz CT molecular complexity index is 919. The average molecular weight is 437 g/mol. The Morgan fingerprint density at radius 1 is 1.09 bits per heavy atom. The number of aromatic nitrogens is 1. The van der Waals surface area contributed by atoms with E-state index in [1.54, 1.807) is 22.2 Å². The Balaban J connectivity index is 1.45. The smallest absolute Gasteiger partial charge is 0.242 e. The van der Waals surface area contributed by atoms with Crippen LogP contribution in [0.1, 0.15) is 30.9 Å². The number of rotatable bonds is 7. The van der Waals surface area contributed by atoms with Crippen LogP contribution in [0.2, 0.25) is 0 Å². The number of carbonyl (C=O) groups excluding carboxylic acids is 2. The van der Waals surface area contributed by atoms with Gasteiger partial charge in [0, 0.05) is 51.7 Å². The molecule has 2 atom stereocenters. The Labute approximate surface area is 190 Å². The van der Waals surface area contributed by atoms with Crippen molar-refractivity contribution in [1.29, 1.82) is 0 Å². The summed E-state index contributed by atoms with van der Waals surface area (Å²) in [6, 6.07) is 12.0. The standard InChI is InChI=1S/C25H32N4O3/c1-3-13-32-21-8-6-19(7-9-21)15-28-12-10-23-22(17-28)25(31)29(18-24(30)27(23)2)16-20-5-4-11-26-14-20/h4-9,11,14,22-23H,3,10,12-13,15-18H2,1-2H3/t22-,23+/m0/s1. The number of likely N-dealkylation sites (N-methyl/N-ethyl adjacent to an activating group) is 1. The third-order valence-electron chi connectivity index (χ3n) is 6.40. The lowest BCUT2D eigenvalue weighted by molar-refractivity contribution is -0.138. The van der Waals surface area contributed by atoms with Crippen LogP contribution in [0.25, 0.3) is 0 Å². The molecule has 7 nitrogen and oxygen atoms in total. The molecule has 0 spiro atoms. The van der Waals surface area contributed by atoms with Crippen LogP contribution in [0.5, 0.6) is 5.75 Å². The molecule has 0 aliphatic carbocycles. The Morgan fingerprint density at radius 3 is 2.62 bits per heavy atom. The Morgan fingerprint density at radius 2 is 1.91 bits per heavy atom. The summed E-state index contributed by atoms with van der Waals surface area (Å²) in [5.74, 6) is 0.735. The molecule has 2 saturated heterocycles. The first-order valence-electron chi connectivity index (χ1n) is 11.4. The minimum Gasteiger partial charge on any atom is -0.494 e. The first-order valence-corrected chi connectivity index (χ1v) is 11.4. The van der Waals surface area contributed by atoms with Gasteiger partial charge in [-0.3, -0.25) is 19.5 Å². The molecular weight excluding hydrogens is 404 g/mol. The summed E-state index contributed by atoms with van der Waals surface area (Å²) in [4.78, 5) is 36.3. The fourth-order valence-electron chi connectivity index (χ4n) is 4.64. The number of hydrogen-bond donors (Lipinski definition) is 0. The number of nitrogens with zero attached hydrogens (tertiary/aromatic N) is 4. The molecule has 2 aromatic rings. The van der Waals surface area contributed by atoms with E-state index in [0.717, 1.165) is 43.9 Å². The van der Waals surface area contributed by atoms with Gasteiger partial charge >= 0.3 is 0 Å². The number of hydrogen-bond acceptors (Lipinski definition) is 5. The molecule has 2 aliphatic rings. The van der Waals surface area contributed by atoms with Crippen molar-refractivity contribution < 1.29 is 14.3 Å².